The maximum atomic E-state index is 6.62. The summed E-state index contributed by atoms with van der Waals surface area (Å²) in [7, 11) is 0. The predicted molar refractivity (Wildman–Crippen MR) is 306 cm³/mol. The number of allylic oxidation sites excluding steroid dienone is 2. The van der Waals surface area contributed by atoms with Crippen LogP contribution in [0.25, 0.3) is 123 Å². The van der Waals surface area contributed by atoms with Crippen LogP contribution in [0.15, 0.2) is 223 Å². The number of aromatic nitrogens is 5. The van der Waals surface area contributed by atoms with Gasteiger partial charge in [-0.15, -0.1) is 6.58 Å². The van der Waals surface area contributed by atoms with E-state index in [0.717, 1.165) is 77.8 Å². The molecule has 0 bridgehead atoms. The fraction of sp³-hybridized carbons (Fsp3) is 0.0735. The van der Waals surface area contributed by atoms with Gasteiger partial charge in [-0.25, -0.2) is 15.0 Å². The van der Waals surface area contributed by atoms with Crippen LogP contribution < -0.4 is 0 Å². The van der Waals surface area contributed by atoms with Crippen molar-refractivity contribution in [2.75, 3.05) is 0 Å². The van der Waals surface area contributed by atoms with Crippen molar-refractivity contribution in [3.8, 4) is 56.7 Å². The molecule has 6 nitrogen and oxygen atoms in total. The van der Waals surface area contributed by atoms with Gasteiger partial charge >= 0.3 is 0 Å². The molecule has 0 unspecified atom stereocenters. The van der Waals surface area contributed by atoms with Crippen LogP contribution in [0.2, 0.25) is 0 Å². The van der Waals surface area contributed by atoms with Crippen LogP contribution >= 0.6 is 0 Å². The summed E-state index contributed by atoms with van der Waals surface area (Å²) in [6.07, 6.45) is 5.12. The van der Waals surface area contributed by atoms with Crippen LogP contribution in [0.3, 0.4) is 0 Å². The molecular weight excluding hydrogens is 903 g/mol. The monoisotopic (exact) mass is 951 g/mol. The highest BCUT2D eigenvalue weighted by Crippen LogP contribution is 2.51. The molecule has 1 aliphatic rings. The van der Waals surface area contributed by atoms with E-state index >= 15 is 0 Å². The Morgan fingerprint density at radius 3 is 1.92 bits per heavy atom. The summed E-state index contributed by atoms with van der Waals surface area (Å²) in [5.74, 6) is 1.88. The van der Waals surface area contributed by atoms with E-state index in [1.165, 1.54) is 49.5 Å². The first-order chi connectivity index (χ1) is 36.3. The molecule has 0 radical (unpaired) electrons. The number of rotatable bonds is 9. The number of hydrogen-bond donors (Lipinski definition) is 0. The smallest absolute Gasteiger partial charge is 0.164 e. The molecule has 0 spiro atoms. The molecule has 0 aliphatic heterocycles. The highest BCUT2D eigenvalue weighted by molar-refractivity contribution is 6.13. The molecule has 1 aliphatic carbocycles. The van der Waals surface area contributed by atoms with Crippen LogP contribution in [0.4, 0.5) is 0 Å². The van der Waals surface area contributed by atoms with Crippen LogP contribution in [-0.4, -0.2) is 24.1 Å². The number of fused-ring (bicyclic) bond motifs is 10. The van der Waals surface area contributed by atoms with Crippen LogP contribution in [-0.2, 0) is 5.41 Å². The molecule has 4 heterocycles. The molecule has 0 saturated carbocycles. The van der Waals surface area contributed by atoms with Crippen LogP contribution in [0.1, 0.15) is 48.2 Å². The Morgan fingerprint density at radius 1 is 0.514 bits per heavy atom. The van der Waals surface area contributed by atoms with Crippen molar-refractivity contribution in [3.63, 3.8) is 0 Å². The topological polar surface area (TPSA) is 61.7 Å². The molecular formula is C68H49N5O. The molecule has 0 saturated heterocycles. The second kappa shape index (κ2) is 16.9. The van der Waals surface area contributed by atoms with E-state index < -0.39 is 0 Å². The van der Waals surface area contributed by atoms with E-state index in [-0.39, 0.29) is 5.41 Å². The first-order valence-electron chi connectivity index (χ1n) is 25.4. The second-order valence-electron chi connectivity index (χ2n) is 20.0. The lowest BCUT2D eigenvalue weighted by molar-refractivity contribution is 0.661. The van der Waals surface area contributed by atoms with E-state index in [0.29, 0.717) is 23.9 Å². The molecule has 0 amide bonds. The fourth-order valence-electron chi connectivity index (χ4n) is 11.8. The van der Waals surface area contributed by atoms with Crippen molar-refractivity contribution in [1.29, 1.82) is 0 Å². The Balaban J connectivity index is 0.963. The van der Waals surface area contributed by atoms with Gasteiger partial charge in [-0.2, -0.15) is 0 Å². The zero-order chi connectivity index (χ0) is 49.7. The van der Waals surface area contributed by atoms with Crippen LogP contribution in [0.5, 0.6) is 0 Å². The van der Waals surface area contributed by atoms with Crippen molar-refractivity contribution >= 4 is 66.3 Å². The minimum atomic E-state index is -0.188. The van der Waals surface area contributed by atoms with Gasteiger partial charge in [-0.1, -0.05) is 172 Å². The third kappa shape index (κ3) is 6.75. The van der Waals surface area contributed by atoms with E-state index in [1.807, 2.05) is 72.8 Å². The number of hydrogen-bond acceptors (Lipinski definition) is 4. The zero-order valence-corrected chi connectivity index (χ0v) is 41.3. The molecule has 4 aromatic heterocycles. The Kier molecular flexibility index (Phi) is 9.89. The summed E-state index contributed by atoms with van der Waals surface area (Å²) in [5.41, 5.74) is 19.7. The third-order valence-corrected chi connectivity index (χ3v) is 15.4. The summed E-state index contributed by atoms with van der Waals surface area (Å²) >= 11 is 0. The fourth-order valence-corrected chi connectivity index (χ4v) is 11.8. The van der Waals surface area contributed by atoms with Gasteiger partial charge < -0.3 is 13.6 Å². The van der Waals surface area contributed by atoms with Gasteiger partial charge in [0.15, 0.2) is 23.1 Å². The zero-order valence-electron chi connectivity index (χ0n) is 41.3. The molecule has 0 fully saturated rings. The number of para-hydroxylation sites is 3. The number of benzene rings is 9. The molecule has 352 valence electrons. The number of furan rings is 1. The van der Waals surface area contributed by atoms with Gasteiger partial charge in [0.25, 0.3) is 0 Å². The van der Waals surface area contributed by atoms with Crippen molar-refractivity contribution in [2.24, 2.45) is 0 Å². The molecule has 74 heavy (non-hydrogen) atoms. The van der Waals surface area contributed by atoms with Crippen molar-refractivity contribution in [1.82, 2.24) is 24.1 Å². The maximum absolute atomic E-state index is 6.62. The lowest BCUT2D eigenvalue weighted by Crippen LogP contribution is -2.15. The van der Waals surface area contributed by atoms with E-state index in [9.17, 15) is 0 Å². The highest BCUT2D eigenvalue weighted by atomic mass is 16.3. The minimum Gasteiger partial charge on any atom is -0.454 e. The summed E-state index contributed by atoms with van der Waals surface area (Å²) in [4.78, 5) is 15.3. The SMILES string of the molecule is C=CC/C(=C\c1c(C)n(-c2cccc(-c3nc(-c4ccccc4)nc(-c4ccccc4)n3)c2)c2cc3c(cc12)-c1ccccc1C3(C)C)c1ccc2c(c1)c1ccccc1n2-c1cccc2c1oc1ccccc12. The summed E-state index contributed by atoms with van der Waals surface area (Å²) in [6, 6.07) is 73.2. The Hall–Kier alpha value is -9.39. The Morgan fingerprint density at radius 2 is 1.15 bits per heavy atom. The molecule has 13 aromatic rings. The molecule has 9 aromatic carbocycles. The second-order valence-corrected chi connectivity index (χ2v) is 20.0. The number of nitrogens with zero attached hydrogens (tertiary/aromatic N) is 5. The minimum absolute atomic E-state index is 0.188. The van der Waals surface area contributed by atoms with Gasteiger partial charge in [0.2, 0.25) is 0 Å². The van der Waals surface area contributed by atoms with Gasteiger partial charge in [0, 0.05) is 66.0 Å². The average molecular weight is 952 g/mol. The average Bonchev–Trinajstić information content (AvgIpc) is 4.15. The first kappa shape index (κ1) is 43.4. The quantitative estimate of drug-likeness (QED) is 0.135. The van der Waals surface area contributed by atoms with E-state index in [2.05, 4.69) is 182 Å². The summed E-state index contributed by atoms with van der Waals surface area (Å²) in [5, 5.41) is 5.78. The van der Waals surface area contributed by atoms with E-state index in [4.69, 9.17) is 19.4 Å². The predicted octanol–water partition coefficient (Wildman–Crippen LogP) is 17.5. The lowest BCUT2D eigenvalue weighted by atomic mass is 9.82. The normalized spacial score (nSPS) is 13.1. The van der Waals surface area contributed by atoms with Gasteiger partial charge in [0.1, 0.15) is 5.58 Å². The van der Waals surface area contributed by atoms with Gasteiger partial charge in [0.05, 0.1) is 22.2 Å². The summed E-state index contributed by atoms with van der Waals surface area (Å²) < 4.78 is 11.4. The molecule has 6 heteroatoms. The molecule has 0 N–H and O–H groups in total. The van der Waals surface area contributed by atoms with Crippen molar-refractivity contribution in [2.45, 2.75) is 32.6 Å². The first-order valence-corrected chi connectivity index (χ1v) is 25.4. The van der Waals surface area contributed by atoms with Crippen molar-refractivity contribution in [3.05, 3.63) is 247 Å². The highest BCUT2D eigenvalue weighted by Gasteiger charge is 2.36. The molecule has 0 atom stereocenters. The lowest BCUT2D eigenvalue weighted by Gasteiger charge is -2.21. The van der Waals surface area contributed by atoms with E-state index in [1.54, 1.807) is 0 Å². The maximum Gasteiger partial charge on any atom is 0.164 e. The largest absolute Gasteiger partial charge is 0.454 e. The van der Waals surface area contributed by atoms with Crippen LogP contribution in [0, 0.1) is 6.92 Å². The molecule has 14 rings (SSSR count). The standard InChI is InChI=1S/C68H49N5O/c1-5-20-45(46-35-36-60-55(39-46)50-28-13-16-32-59(50)73(60)61-33-19-30-52-51-29-14-17-34-63(51)74-64(52)61)38-53-42(2)72(62-41-58-54(40-56(53)62)49-27-12-15-31-57(49)68(58,3)4)48-26-18-25-47(37-48)67-70-65(43-21-8-6-9-22-43)69-66(71-67)44-23-10-7-11-24-44/h5-19,21-41H,1,20H2,2-4H3/b45-38+. The third-order valence-electron chi connectivity index (χ3n) is 15.4. The Bertz CT molecular complexity index is 4400. The van der Waals surface area contributed by atoms with Crippen molar-refractivity contribution < 1.29 is 4.42 Å². The van der Waals surface area contributed by atoms with Gasteiger partial charge in [-0.05, 0) is 107 Å². The van der Waals surface area contributed by atoms with Gasteiger partial charge in [-0.3, -0.25) is 0 Å². The summed E-state index contributed by atoms with van der Waals surface area (Å²) in [6.45, 7) is 11.3. The Labute approximate surface area is 428 Å².